The minimum absolute atomic E-state index is 0.00242. The van der Waals surface area contributed by atoms with Crippen molar-refractivity contribution in [2.24, 2.45) is 11.8 Å². The number of halogens is 2. The van der Waals surface area contributed by atoms with Crippen LogP contribution in [0.25, 0.3) is 0 Å². The molecule has 3 atom stereocenters. The Labute approximate surface area is 205 Å². The van der Waals surface area contributed by atoms with Gasteiger partial charge in [-0.2, -0.15) is 0 Å². The van der Waals surface area contributed by atoms with Crippen LogP contribution in [0, 0.1) is 11.8 Å². The quantitative estimate of drug-likeness (QED) is 0.436. The summed E-state index contributed by atoms with van der Waals surface area (Å²) in [7, 11) is 0. The van der Waals surface area contributed by atoms with E-state index in [1.165, 1.54) is 0 Å². The summed E-state index contributed by atoms with van der Waals surface area (Å²) in [6.07, 6.45) is -0.00242. The first kappa shape index (κ1) is 21.4. The van der Waals surface area contributed by atoms with Crippen molar-refractivity contribution in [3.05, 3.63) is 107 Å². The first-order valence-electron chi connectivity index (χ1n) is 11.0. The monoisotopic (exact) mass is 491 g/mol. The number of rotatable bonds is 4. The van der Waals surface area contributed by atoms with Gasteiger partial charge in [0, 0.05) is 6.42 Å². The summed E-state index contributed by atoms with van der Waals surface area (Å²) in [5, 5.41) is 10.1. The van der Waals surface area contributed by atoms with E-state index in [-0.39, 0.29) is 6.42 Å². The maximum atomic E-state index is 13.9. The smallest absolute Gasteiger partial charge is 0.327 e. The van der Waals surface area contributed by atoms with E-state index in [2.05, 4.69) is 0 Å². The second-order valence-corrected chi connectivity index (χ2v) is 10.3. The Morgan fingerprint density at radius 3 is 1.53 bits per heavy atom. The summed E-state index contributed by atoms with van der Waals surface area (Å²) in [6, 6.07) is 22.3. The molecule has 1 fully saturated rings. The van der Waals surface area contributed by atoms with Crippen LogP contribution in [-0.2, 0) is 30.6 Å². The predicted octanol–water partition coefficient (Wildman–Crippen LogP) is 4.28. The standard InChI is InChI=1S/C27H19Cl2NO4/c28-26-16-10-4-5-11-17(16)27(29,19-13-7-6-12-18(19)26)22-21(26)23(31)30(24(22)32)20(25(33)34)14-15-8-2-1-3-9-15/h1-13,20-22H,14H2,(H,33,34)/t20-,21-,22-,26?,27?/m0/s1. The number of carboxylic acids is 1. The molecule has 7 rings (SSSR count). The maximum absolute atomic E-state index is 13.9. The molecule has 0 radical (unpaired) electrons. The van der Waals surface area contributed by atoms with E-state index in [0.717, 1.165) is 4.90 Å². The van der Waals surface area contributed by atoms with Gasteiger partial charge in [0.15, 0.2) is 0 Å². The van der Waals surface area contributed by atoms with Crippen LogP contribution in [0.4, 0.5) is 0 Å². The molecule has 170 valence electrons. The second-order valence-electron chi connectivity index (χ2n) is 9.06. The van der Waals surface area contributed by atoms with Gasteiger partial charge in [0.05, 0.1) is 11.8 Å². The van der Waals surface area contributed by atoms with Crippen molar-refractivity contribution in [2.45, 2.75) is 22.2 Å². The highest BCUT2D eigenvalue weighted by atomic mass is 35.5. The molecule has 34 heavy (non-hydrogen) atoms. The molecule has 3 aromatic carbocycles. The Bertz CT molecular complexity index is 1250. The number of benzene rings is 3. The minimum Gasteiger partial charge on any atom is -0.480 e. The molecule has 1 N–H and O–H groups in total. The van der Waals surface area contributed by atoms with Gasteiger partial charge in [-0.15, -0.1) is 23.2 Å². The molecule has 0 spiro atoms. The van der Waals surface area contributed by atoms with Crippen LogP contribution >= 0.6 is 23.2 Å². The van der Waals surface area contributed by atoms with Crippen molar-refractivity contribution in [3.63, 3.8) is 0 Å². The summed E-state index contributed by atoms with van der Waals surface area (Å²) in [6.45, 7) is 0. The first-order valence-corrected chi connectivity index (χ1v) is 11.8. The van der Waals surface area contributed by atoms with Crippen molar-refractivity contribution in [2.75, 3.05) is 0 Å². The predicted molar refractivity (Wildman–Crippen MR) is 127 cm³/mol. The lowest BCUT2D eigenvalue weighted by Gasteiger charge is -2.54. The summed E-state index contributed by atoms with van der Waals surface area (Å²) in [4.78, 5) is 38.5. The lowest BCUT2D eigenvalue weighted by atomic mass is 9.54. The van der Waals surface area contributed by atoms with Gasteiger partial charge in [-0.1, -0.05) is 78.9 Å². The fourth-order valence-corrected chi connectivity index (χ4v) is 7.22. The number of aliphatic carboxylic acids is 1. The van der Waals surface area contributed by atoms with Gasteiger partial charge in [-0.05, 0) is 27.8 Å². The molecule has 0 aromatic heterocycles. The van der Waals surface area contributed by atoms with E-state index in [1.807, 2.05) is 54.6 Å². The molecule has 4 aliphatic rings. The second kappa shape index (κ2) is 7.17. The highest BCUT2D eigenvalue weighted by Crippen LogP contribution is 2.69. The van der Waals surface area contributed by atoms with Crippen LogP contribution in [0.5, 0.6) is 0 Å². The van der Waals surface area contributed by atoms with Gasteiger partial charge in [-0.25, -0.2) is 4.79 Å². The van der Waals surface area contributed by atoms with Crippen LogP contribution in [0.1, 0.15) is 27.8 Å². The first-order chi connectivity index (χ1) is 16.3. The number of imide groups is 1. The molecule has 7 heteroatoms. The molecule has 5 nitrogen and oxygen atoms in total. The minimum atomic E-state index is -1.36. The summed E-state index contributed by atoms with van der Waals surface area (Å²) >= 11 is 14.8. The molecule has 3 aliphatic carbocycles. The molecule has 1 heterocycles. The number of carbonyl (C=O) groups is 3. The van der Waals surface area contributed by atoms with Gasteiger partial charge in [-0.3, -0.25) is 14.5 Å². The molecule has 0 saturated carbocycles. The molecule has 1 aliphatic heterocycles. The fraction of sp³-hybridized carbons (Fsp3) is 0.222. The van der Waals surface area contributed by atoms with Crippen LogP contribution < -0.4 is 0 Å². The number of hydrogen-bond donors (Lipinski definition) is 1. The maximum Gasteiger partial charge on any atom is 0.327 e. The SMILES string of the molecule is O=C(O)[C@H](Cc1ccccc1)N1C(=O)[C@@H]2[C@@H](C1=O)C1(Cl)c3ccccc3C2(Cl)c2ccccc21. The van der Waals surface area contributed by atoms with E-state index in [9.17, 15) is 19.5 Å². The topological polar surface area (TPSA) is 74.7 Å². The zero-order valence-electron chi connectivity index (χ0n) is 17.8. The molecule has 3 aromatic rings. The molecule has 1 saturated heterocycles. The Morgan fingerprint density at radius 1 is 0.765 bits per heavy atom. The van der Waals surface area contributed by atoms with Crippen molar-refractivity contribution >= 4 is 41.0 Å². The number of nitrogens with zero attached hydrogens (tertiary/aromatic N) is 1. The van der Waals surface area contributed by atoms with E-state index in [1.54, 1.807) is 24.3 Å². The number of carbonyl (C=O) groups excluding carboxylic acids is 2. The van der Waals surface area contributed by atoms with Crippen molar-refractivity contribution in [1.82, 2.24) is 4.90 Å². The Hall–Kier alpha value is -3.15. The third kappa shape index (κ3) is 2.49. The molecule has 0 unspecified atom stereocenters. The number of alkyl halides is 2. The Morgan fingerprint density at radius 2 is 1.15 bits per heavy atom. The normalized spacial score (nSPS) is 29.4. The van der Waals surface area contributed by atoms with Gasteiger partial charge in [0.2, 0.25) is 11.8 Å². The summed E-state index contributed by atoms with van der Waals surface area (Å²) in [5.41, 5.74) is 3.45. The molecular weight excluding hydrogens is 473 g/mol. The van der Waals surface area contributed by atoms with Crippen LogP contribution in [0.15, 0.2) is 78.9 Å². The van der Waals surface area contributed by atoms with Crippen molar-refractivity contribution in [1.29, 1.82) is 0 Å². The highest BCUT2D eigenvalue weighted by molar-refractivity contribution is 6.36. The molecule has 2 amide bonds. The average molecular weight is 492 g/mol. The van der Waals surface area contributed by atoms with Gasteiger partial charge in [0.25, 0.3) is 0 Å². The average Bonchev–Trinajstić information content (AvgIpc) is 3.12. The van der Waals surface area contributed by atoms with E-state index in [4.69, 9.17) is 23.2 Å². The Balaban J connectivity index is 1.55. The third-order valence-corrected chi connectivity index (χ3v) is 8.77. The van der Waals surface area contributed by atoms with Crippen LogP contribution in [0.2, 0.25) is 0 Å². The van der Waals surface area contributed by atoms with E-state index >= 15 is 0 Å². The lowest BCUT2D eigenvalue weighted by molar-refractivity contribution is -0.155. The zero-order chi connectivity index (χ0) is 23.8. The molecule has 2 bridgehead atoms. The highest BCUT2D eigenvalue weighted by Gasteiger charge is 2.73. The zero-order valence-corrected chi connectivity index (χ0v) is 19.3. The van der Waals surface area contributed by atoms with E-state index in [0.29, 0.717) is 27.8 Å². The number of amides is 2. The summed E-state index contributed by atoms with van der Waals surface area (Å²) in [5.74, 6) is -4.47. The van der Waals surface area contributed by atoms with Gasteiger partial charge in [0.1, 0.15) is 15.8 Å². The largest absolute Gasteiger partial charge is 0.480 e. The molecular formula is C27H19Cl2NO4. The number of carboxylic acid groups (broad SMARTS) is 1. The number of likely N-dealkylation sites (tertiary alicyclic amines) is 1. The number of hydrogen-bond acceptors (Lipinski definition) is 3. The van der Waals surface area contributed by atoms with Crippen molar-refractivity contribution < 1.29 is 19.5 Å². The fourth-order valence-electron chi connectivity index (χ4n) is 6.12. The van der Waals surface area contributed by atoms with Gasteiger partial charge >= 0.3 is 5.97 Å². The lowest BCUT2D eigenvalue weighted by Crippen LogP contribution is -2.57. The van der Waals surface area contributed by atoms with E-state index < -0.39 is 45.4 Å². The van der Waals surface area contributed by atoms with Crippen LogP contribution in [0.3, 0.4) is 0 Å². The van der Waals surface area contributed by atoms with Crippen molar-refractivity contribution in [3.8, 4) is 0 Å². The Kier molecular flexibility index (Phi) is 4.51. The summed E-state index contributed by atoms with van der Waals surface area (Å²) < 4.78 is 0. The van der Waals surface area contributed by atoms with Gasteiger partial charge < -0.3 is 5.11 Å². The third-order valence-electron chi connectivity index (χ3n) is 7.49. The van der Waals surface area contributed by atoms with Crippen LogP contribution in [-0.4, -0.2) is 33.8 Å².